The summed E-state index contributed by atoms with van der Waals surface area (Å²) in [4.78, 5) is 8.35. The number of hydrazine groups is 1. The number of aryl methyl sites for hydroxylation is 1. The quantitative estimate of drug-likeness (QED) is 0.508. The van der Waals surface area contributed by atoms with Crippen LogP contribution in [0.4, 0.5) is 11.8 Å². The molecule has 0 fully saturated rings. The molecule has 0 aliphatic carbocycles. The summed E-state index contributed by atoms with van der Waals surface area (Å²) in [5.74, 6) is 6.60. The maximum atomic E-state index is 5.29. The highest BCUT2D eigenvalue weighted by Gasteiger charge is 2.08. The van der Waals surface area contributed by atoms with Crippen LogP contribution in [0.5, 0.6) is 0 Å². The summed E-state index contributed by atoms with van der Waals surface area (Å²) < 4.78 is 0. The Morgan fingerprint density at radius 3 is 2.75 bits per heavy atom. The molecule has 1 unspecified atom stereocenters. The van der Waals surface area contributed by atoms with Crippen molar-refractivity contribution in [1.82, 2.24) is 9.97 Å². The number of nitrogen functional groups attached to an aromatic ring is 1. The predicted molar refractivity (Wildman–Crippen MR) is 67.2 cm³/mol. The first-order valence-corrected chi connectivity index (χ1v) is 5.78. The summed E-state index contributed by atoms with van der Waals surface area (Å²) in [5, 5.41) is 3.43. The molecule has 0 aliphatic rings. The molecule has 0 saturated heterocycles. The zero-order valence-corrected chi connectivity index (χ0v) is 10.2. The van der Waals surface area contributed by atoms with Gasteiger partial charge in [0.2, 0.25) is 5.95 Å². The van der Waals surface area contributed by atoms with Crippen molar-refractivity contribution in [1.29, 1.82) is 0 Å². The van der Waals surface area contributed by atoms with E-state index in [1.165, 1.54) is 0 Å². The predicted octanol–water partition coefficient (Wildman–Crippen LogP) is 2.06. The zero-order valence-electron chi connectivity index (χ0n) is 10.2. The number of rotatable bonds is 6. The van der Waals surface area contributed by atoms with Crippen LogP contribution in [0.25, 0.3) is 0 Å². The van der Waals surface area contributed by atoms with Crippen molar-refractivity contribution in [3.63, 3.8) is 0 Å². The molecule has 1 rings (SSSR count). The van der Waals surface area contributed by atoms with Crippen LogP contribution in [-0.2, 0) is 0 Å². The van der Waals surface area contributed by atoms with E-state index < -0.39 is 0 Å². The van der Waals surface area contributed by atoms with Crippen molar-refractivity contribution in [2.75, 3.05) is 10.7 Å². The van der Waals surface area contributed by atoms with Crippen molar-refractivity contribution < 1.29 is 0 Å². The van der Waals surface area contributed by atoms with Crippen molar-refractivity contribution in [3.8, 4) is 0 Å². The minimum Gasteiger partial charge on any atom is -0.367 e. The van der Waals surface area contributed by atoms with Gasteiger partial charge in [0.05, 0.1) is 0 Å². The van der Waals surface area contributed by atoms with Crippen molar-refractivity contribution in [3.05, 3.63) is 11.8 Å². The van der Waals surface area contributed by atoms with E-state index in [0.29, 0.717) is 12.0 Å². The Morgan fingerprint density at radius 2 is 2.19 bits per heavy atom. The maximum absolute atomic E-state index is 5.29. The topological polar surface area (TPSA) is 75.9 Å². The highest BCUT2D eigenvalue weighted by atomic mass is 15.3. The molecule has 4 N–H and O–H groups in total. The Hall–Kier alpha value is -1.36. The SMILES string of the molecule is CCCC(CC)Nc1nc(NN)ncc1C. The lowest BCUT2D eigenvalue weighted by Gasteiger charge is -2.18. The zero-order chi connectivity index (χ0) is 12.0. The lowest BCUT2D eigenvalue weighted by Crippen LogP contribution is -2.20. The molecule has 5 heteroatoms. The molecule has 0 aliphatic heterocycles. The van der Waals surface area contributed by atoms with E-state index in [-0.39, 0.29) is 0 Å². The Balaban J connectivity index is 2.77. The third-order valence-electron chi connectivity index (χ3n) is 2.57. The third kappa shape index (κ3) is 3.34. The van der Waals surface area contributed by atoms with Crippen LogP contribution >= 0.6 is 0 Å². The first-order chi connectivity index (χ1) is 7.71. The molecule has 1 aromatic heterocycles. The van der Waals surface area contributed by atoms with Crippen LogP contribution in [0.1, 0.15) is 38.7 Å². The number of hydrogen-bond donors (Lipinski definition) is 3. The van der Waals surface area contributed by atoms with Gasteiger partial charge in [-0.3, -0.25) is 5.43 Å². The van der Waals surface area contributed by atoms with Gasteiger partial charge in [-0.25, -0.2) is 10.8 Å². The van der Waals surface area contributed by atoms with Gasteiger partial charge in [-0.2, -0.15) is 4.98 Å². The molecular weight excluding hydrogens is 202 g/mol. The first-order valence-electron chi connectivity index (χ1n) is 5.78. The summed E-state index contributed by atoms with van der Waals surface area (Å²) in [6.45, 7) is 6.34. The van der Waals surface area contributed by atoms with Crippen LogP contribution in [0.3, 0.4) is 0 Å². The van der Waals surface area contributed by atoms with Gasteiger partial charge < -0.3 is 5.32 Å². The molecular formula is C11H21N5. The summed E-state index contributed by atoms with van der Waals surface area (Å²) in [5.41, 5.74) is 3.49. The molecule has 0 radical (unpaired) electrons. The van der Waals surface area contributed by atoms with E-state index >= 15 is 0 Å². The van der Waals surface area contributed by atoms with Gasteiger partial charge in [0.1, 0.15) is 5.82 Å². The molecule has 90 valence electrons. The second-order valence-corrected chi connectivity index (χ2v) is 3.91. The fraction of sp³-hybridized carbons (Fsp3) is 0.636. The fourth-order valence-corrected chi connectivity index (χ4v) is 1.58. The minimum absolute atomic E-state index is 0.444. The van der Waals surface area contributed by atoms with E-state index in [0.717, 1.165) is 30.6 Å². The second-order valence-electron chi connectivity index (χ2n) is 3.91. The van der Waals surface area contributed by atoms with Gasteiger partial charge in [0.25, 0.3) is 0 Å². The highest BCUT2D eigenvalue weighted by molar-refractivity contribution is 5.46. The van der Waals surface area contributed by atoms with Crippen molar-refractivity contribution in [2.45, 2.75) is 46.1 Å². The van der Waals surface area contributed by atoms with Crippen LogP contribution in [0.2, 0.25) is 0 Å². The van der Waals surface area contributed by atoms with Crippen LogP contribution in [-0.4, -0.2) is 16.0 Å². The van der Waals surface area contributed by atoms with Gasteiger partial charge in [0, 0.05) is 17.8 Å². The first kappa shape index (κ1) is 12.7. The summed E-state index contributed by atoms with van der Waals surface area (Å²) >= 11 is 0. The molecule has 16 heavy (non-hydrogen) atoms. The largest absolute Gasteiger partial charge is 0.367 e. The van der Waals surface area contributed by atoms with Crippen LogP contribution < -0.4 is 16.6 Å². The third-order valence-corrected chi connectivity index (χ3v) is 2.57. The number of anilines is 2. The van der Waals surface area contributed by atoms with Crippen LogP contribution in [0.15, 0.2) is 6.20 Å². The van der Waals surface area contributed by atoms with Gasteiger partial charge in [-0.05, 0) is 19.8 Å². The molecule has 0 saturated carbocycles. The standard InChI is InChI=1S/C11H21N5/c1-4-6-9(5-2)14-10-8(3)7-13-11(15-10)16-12/h7,9H,4-6,12H2,1-3H3,(H2,13,14,15,16). The smallest absolute Gasteiger partial charge is 0.239 e. The maximum Gasteiger partial charge on any atom is 0.239 e. The molecule has 0 bridgehead atoms. The Bertz CT molecular complexity index is 326. The lowest BCUT2D eigenvalue weighted by molar-refractivity contribution is 0.620. The molecule has 1 aromatic rings. The van der Waals surface area contributed by atoms with Gasteiger partial charge in [0.15, 0.2) is 0 Å². The normalized spacial score (nSPS) is 12.2. The summed E-state index contributed by atoms with van der Waals surface area (Å²) in [7, 11) is 0. The number of nitrogens with zero attached hydrogens (tertiary/aromatic N) is 2. The van der Waals surface area contributed by atoms with Gasteiger partial charge in [-0.15, -0.1) is 0 Å². The highest BCUT2D eigenvalue weighted by Crippen LogP contribution is 2.15. The Morgan fingerprint density at radius 1 is 1.44 bits per heavy atom. The Kier molecular flexibility index (Phi) is 4.98. The molecule has 1 heterocycles. The molecule has 0 amide bonds. The number of nitrogens with one attached hydrogen (secondary N) is 2. The monoisotopic (exact) mass is 223 g/mol. The number of nitrogens with two attached hydrogens (primary N) is 1. The second kappa shape index (κ2) is 6.27. The minimum atomic E-state index is 0.444. The van der Waals surface area contributed by atoms with E-state index in [2.05, 4.69) is 34.6 Å². The van der Waals surface area contributed by atoms with E-state index in [9.17, 15) is 0 Å². The fourth-order valence-electron chi connectivity index (χ4n) is 1.58. The Labute approximate surface area is 96.8 Å². The summed E-state index contributed by atoms with van der Waals surface area (Å²) in [6, 6.07) is 0.462. The van der Waals surface area contributed by atoms with Crippen molar-refractivity contribution >= 4 is 11.8 Å². The molecule has 1 atom stereocenters. The van der Waals surface area contributed by atoms with Gasteiger partial charge >= 0.3 is 0 Å². The average Bonchev–Trinajstić information content (AvgIpc) is 2.31. The lowest BCUT2D eigenvalue weighted by atomic mass is 10.1. The number of hydrogen-bond acceptors (Lipinski definition) is 5. The van der Waals surface area contributed by atoms with Crippen LogP contribution in [0, 0.1) is 6.92 Å². The van der Waals surface area contributed by atoms with E-state index in [1.807, 2.05) is 6.92 Å². The average molecular weight is 223 g/mol. The molecule has 5 nitrogen and oxygen atoms in total. The van der Waals surface area contributed by atoms with Crippen molar-refractivity contribution in [2.24, 2.45) is 5.84 Å². The van der Waals surface area contributed by atoms with E-state index in [1.54, 1.807) is 6.20 Å². The van der Waals surface area contributed by atoms with E-state index in [4.69, 9.17) is 5.84 Å². The summed E-state index contributed by atoms with van der Waals surface area (Å²) in [6.07, 6.45) is 5.16. The number of aromatic nitrogens is 2. The molecule has 0 aromatic carbocycles. The molecule has 0 spiro atoms. The van der Waals surface area contributed by atoms with Gasteiger partial charge in [-0.1, -0.05) is 20.3 Å².